The van der Waals surface area contributed by atoms with E-state index in [0.29, 0.717) is 12.5 Å². The fraction of sp³-hybridized carbons (Fsp3) is 0.900. The molecule has 0 aromatic rings. The molecule has 0 unspecified atom stereocenters. The third-order valence-corrected chi connectivity index (χ3v) is 2.36. The van der Waals surface area contributed by atoms with E-state index in [0.717, 1.165) is 19.3 Å². The fourth-order valence-corrected chi connectivity index (χ4v) is 1.71. The monoisotopic (exact) mass is 170 g/mol. The van der Waals surface area contributed by atoms with Crippen LogP contribution in [0.1, 0.15) is 40.0 Å². The van der Waals surface area contributed by atoms with Gasteiger partial charge in [-0.1, -0.05) is 13.8 Å². The third-order valence-electron chi connectivity index (χ3n) is 2.36. The molecule has 0 heterocycles. The first-order chi connectivity index (χ1) is 5.60. The van der Waals surface area contributed by atoms with Crippen LogP contribution in [0.5, 0.6) is 0 Å². The Morgan fingerprint density at radius 3 is 2.42 bits per heavy atom. The summed E-state index contributed by atoms with van der Waals surface area (Å²) >= 11 is 0. The summed E-state index contributed by atoms with van der Waals surface area (Å²) in [7, 11) is 0. The predicted molar refractivity (Wildman–Crippen MR) is 47.8 cm³/mol. The van der Waals surface area contributed by atoms with Crippen molar-refractivity contribution in [1.29, 1.82) is 0 Å². The molecule has 1 saturated carbocycles. The molecule has 0 aromatic heterocycles. The summed E-state index contributed by atoms with van der Waals surface area (Å²) in [6.45, 7) is 6.68. The highest BCUT2D eigenvalue weighted by Crippen LogP contribution is 2.51. The molecule has 2 nitrogen and oxygen atoms in total. The molecular weight excluding hydrogens is 152 g/mol. The highest BCUT2D eigenvalue weighted by Gasteiger charge is 2.51. The van der Waals surface area contributed by atoms with E-state index >= 15 is 0 Å². The lowest BCUT2D eigenvalue weighted by molar-refractivity contribution is -0.150. The number of carbonyl (C=O) groups excluding carboxylic acids is 1. The molecule has 0 aromatic carbocycles. The molecule has 0 aliphatic heterocycles. The molecule has 1 aliphatic carbocycles. The van der Waals surface area contributed by atoms with Gasteiger partial charge < -0.3 is 4.74 Å². The summed E-state index contributed by atoms with van der Waals surface area (Å²) in [5, 5.41) is 0. The van der Waals surface area contributed by atoms with Crippen molar-refractivity contribution in [3.63, 3.8) is 0 Å². The van der Waals surface area contributed by atoms with Crippen molar-refractivity contribution in [3.05, 3.63) is 0 Å². The first kappa shape index (κ1) is 9.56. The first-order valence-electron chi connectivity index (χ1n) is 4.78. The highest BCUT2D eigenvalue weighted by molar-refractivity contribution is 5.79. The van der Waals surface area contributed by atoms with Crippen LogP contribution in [0.3, 0.4) is 0 Å². The van der Waals surface area contributed by atoms with Crippen molar-refractivity contribution in [1.82, 2.24) is 0 Å². The van der Waals surface area contributed by atoms with Gasteiger partial charge in [0.25, 0.3) is 0 Å². The van der Waals surface area contributed by atoms with Crippen molar-refractivity contribution < 1.29 is 9.53 Å². The minimum atomic E-state index is -0.0792. The average Bonchev–Trinajstić information content (AvgIpc) is 2.69. The predicted octanol–water partition coefficient (Wildman–Crippen LogP) is 2.38. The van der Waals surface area contributed by atoms with Gasteiger partial charge >= 0.3 is 5.97 Å². The van der Waals surface area contributed by atoms with E-state index in [1.807, 2.05) is 6.92 Å². The summed E-state index contributed by atoms with van der Waals surface area (Å²) < 4.78 is 5.03. The van der Waals surface area contributed by atoms with Gasteiger partial charge in [0.2, 0.25) is 0 Å². The second-order valence-corrected chi connectivity index (χ2v) is 4.10. The van der Waals surface area contributed by atoms with Gasteiger partial charge in [0.05, 0.1) is 12.0 Å². The van der Waals surface area contributed by atoms with Crippen LogP contribution in [0.4, 0.5) is 0 Å². The maximum absolute atomic E-state index is 11.4. The van der Waals surface area contributed by atoms with Gasteiger partial charge in [-0.3, -0.25) is 4.79 Å². The Morgan fingerprint density at radius 1 is 1.50 bits per heavy atom. The second kappa shape index (κ2) is 3.46. The quantitative estimate of drug-likeness (QED) is 0.605. The highest BCUT2D eigenvalue weighted by atomic mass is 16.5. The zero-order chi connectivity index (χ0) is 9.19. The van der Waals surface area contributed by atoms with Crippen molar-refractivity contribution >= 4 is 5.97 Å². The number of carbonyl (C=O) groups is 1. The standard InChI is InChI=1S/C10H18O2/c1-4-12-9(11)10(5-6-10)7-8(2)3/h8H,4-7H2,1-3H3. The van der Waals surface area contributed by atoms with Crippen LogP contribution in [0, 0.1) is 11.3 Å². The molecule has 0 atom stereocenters. The van der Waals surface area contributed by atoms with E-state index in [2.05, 4.69) is 13.8 Å². The van der Waals surface area contributed by atoms with Crippen molar-refractivity contribution in [3.8, 4) is 0 Å². The fourth-order valence-electron chi connectivity index (χ4n) is 1.71. The molecule has 70 valence electrons. The summed E-state index contributed by atoms with van der Waals surface area (Å²) in [4.78, 5) is 11.4. The van der Waals surface area contributed by atoms with Gasteiger partial charge in [-0.05, 0) is 32.1 Å². The minimum Gasteiger partial charge on any atom is -0.466 e. The second-order valence-electron chi connectivity index (χ2n) is 4.10. The van der Waals surface area contributed by atoms with Gasteiger partial charge in [0, 0.05) is 0 Å². The van der Waals surface area contributed by atoms with Gasteiger partial charge in [0.1, 0.15) is 0 Å². The van der Waals surface area contributed by atoms with Crippen LogP contribution in [0.2, 0.25) is 0 Å². The van der Waals surface area contributed by atoms with Crippen LogP contribution >= 0.6 is 0 Å². The average molecular weight is 170 g/mol. The Kier molecular flexibility index (Phi) is 2.76. The maximum atomic E-state index is 11.4. The number of esters is 1. The summed E-state index contributed by atoms with van der Waals surface area (Å²) in [5.41, 5.74) is -0.0792. The van der Waals surface area contributed by atoms with Crippen LogP contribution in [-0.4, -0.2) is 12.6 Å². The molecule has 0 N–H and O–H groups in total. The lowest BCUT2D eigenvalue weighted by Crippen LogP contribution is -2.20. The van der Waals surface area contributed by atoms with E-state index in [4.69, 9.17) is 4.74 Å². The molecule has 0 amide bonds. The Bertz CT molecular complexity index is 169. The van der Waals surface area contributed by atoms with Crippen LogP contribution in [-0.2, 0) is 9.53 Å². The molecule has 0 saturated heterocycles. The number of hydrogen-bond acceptors (Lipinski definition) is 2. The minimum absolute atomic E-state index is 0.0266. The van der Waals surface area contributed by atoms with E-state index in [-0.39, 0.29) is 11.4 Å². The van der Waals surface area contributed by atoms with Gasteiger partial charge in [0.15, 0.2) is 0 Å². The molecule has 2 heteroatoms. The topological polar surface area (TPSA) is 26.3 Å². The Hall–Kier alpha value is -0.530. The van der Waals surface area contributed by atoms with E-state index in [1.54, 1.807) is 0 Å². The Balaban J connectivity index is 2.43. The molecule has 1 fully saturated rings. The largest absolute Gasteiger partial charge is 0.466 e. The zero-order valence-electron chi connectivity index (χ0n) is 8.22. The zero-order valence-corrected chi connectivity index (χ0v) is 8.22. The number of rotatable bonds is 4. The molecule has 1 rings (SSSR count). The van der Waals surface area contributed by atoms with Gasteiger partial charge in [-0.15, -0.1) is 0 Å². The number of hydrogen-bond donors (Lipinski definition) is 0. The van der Waals surface area contributed by atoms with E-state index in [1.165, 1.54) is 0 Å². The molecule has 0 spiro atoms. The van der Waals surface area contributed by atoms with E-state index in [9.17, 15) is 4.79 Å². The molecule has 1 aliphatic rings. The summed E-state index contributed by atoms with van der Waals surface area (Å²) in [6.07, 6.45) is 3.06. The lowest BCUT2D eigenvalue weighted by Gasteiger charge is -2.15. The van der Waals surface area contributed by atoms with Crippen LogP contribution < -0.4 is 0 Å². The lowest BCUT2D eigenvalue weighted by atomic mass is 9.94. The number of ether oxygens (including phenoxy) is 1. The van der Waals surface area contributed by atoms with Crippen LogP contribution in [0.15, 0.2) is 0 Å². The normalized spacial score (nSPS) is 19.3. The summed E-state index contributed by atoms with van der Waals surface area (Å²) in [6, 6.07) is 0. The summed E-state index contributed by atoms with van der Waals surface area (Å²) in [5.74, 6) is 0.621. The molecule has 0 radical (unpaired) electrons. The maximum Gasteiger partial charge on any atom is 0.312 e. The molecule has 0 bridgehead atoms. The van der Waals surface area contributed by atoms with E-state index < -0.39 is 0 Å². The smallest absolute Gasteiger partial charge is 0.312 e. The van der Waals surface area contributed by atoms with Gasteiger partial charge in [-0.2, -0.15) is 0 Å². The molecular formula is C10H18O2. The van der Waals surface area contributed by atoms with Crippen LogP contribution in [0.25, 0.3) is 0 Å². The third kappa shape index (κ3) is 1.99. The van der Waals surface area contributed by atoms with Gasteiger partial charge in [-0.25, -0.2) is 0 Å². The van der Waals surface area contributed by atoms with Crippen molar-refractivity contribution in [2.45, 2.75) is 40.0 Å². The SMILES string of the molecule is CCOC(=O)C1(CC(C)C)CC1. The Labute approximate surface area is 74.3 Å². The first-order valence-corrected chi connectivity index (χ1v) is 4.78. The van der Waals surface area contributed by atoms with Crippen molar-refractivity contribution in [2.24, 2.45) is 11.3 Å². The van der Waals surface area contributed by atoms with Crippen molar-refractivity contribution in [2.75, 3.05) is 6.61 Å². The Morgan fingerprint density at radius 2 is 2.08 bits per heavy atom. The molecule has 12 heavy (non-hydrogen) atoms.